The van der Waals surface area contributed by atoms with E-state index in [4.69, 9.17) is 4.74 Å². The molecule has 1 N–H and O–H groups in total. The molecule has 3 nitrogen and oxygen atoms in total. The largest absolute Gasteiger partial charge is 0.496 e. The van der Waals surface area contributed by atoms with Crippen LogP contribution in [0.25, 0.3) is 0 Å². The highest BCUT2D eigenvalue weighted by molar-refractivity contribution is 5.77. The topological polar surface area (TPSA) is 38.3 Å². The molecule has 0 aliphatic carbocycles. The second kappa shape index (κ2) is 6.40. The van der Waals surface area contributed by atoms with E-state index >= 15 is 0 Å². The van der Waals surface area contributed by atoms with Gasteiger partial charge in [-0.25, -0.2) is 0 Å². The van der Waals surface area contributed by atoms with Gasteiger partial charge in [-0.15, -0.1) is 0 Å². The minimum absolute atomic E-state index is 0.164. The fraction of sp³-hybridized carbons (Fsp3) is 0.500. The van der Waals surface area contributed by atoms with E-state index in [9.17, 15) is 4.79 Å². The Kier molecular flexibility index (Phi) is 5.16. The van der Waals surface area contributed by atoms with Crippen LogP contribution in [0.3, 0.4) is 0 Å². The van der Waals surface area contributed by atoms with Crippen LogP contribution in [-0.4, -0.2) is 26.0 Å². The molecule has 17 heavy (non-hydrogen) atoms. The molecule has 0 aliphatic rings. The van der Waals surface area contributed by atoms with E-state index in [1.54, 1.807) is 14.0 Å². The van der Waals surface area contributed by atoms with E-state index in [1.165, 1.54) is 16.7 Å². The van der Waals surface area contributed by atoms with Crippen LogP contribution in [0, 0.1) is 13.8 Å². The second-order valence-electron chi connectivity index (χ2n) is 4.38. The summed E-state index contributed by atoms with van der Waals surface area (Å²) in [6.45, 7) is 6.99. The zero-order valence-electron chi connectivity index (χ0n) is 11.1. The highest BCUT2D eigenvalue weighted by Crippen LogP contribution is 2.23. The van der Waals surface area contributed by atoms with Gasteiger partial charge in [0.15, 0.2) is 0 Å². The van der Waals surface area contributed by atoms with E-state index in [0.29, 0.717) is 6.54 Å². The van der Waals surface area contributed by atoms with Crippen molar-refractivity contribution in [2.24, 2.45) is 0 Å². The number of hydrogen-bond donors (Lipinski definition) is 1. The molecule has 1 aromatic rings. The SMILES string of the molecule is COc1cc(C)c(C)cc1CCNCC(C)=O. The molecule has 0 atom stereocenters. The maximum absolute atomic E-state index is 10.8. The van der Waals surface area contributed by atoms with Gasteiger partial charge in [0, 0.05) is 0 Å². The lowest BCUT2D eigenvalue weighted by Crippen LogP contribution is -2.23. The molecule has 3 heteroatoms. The highest BCUT2D eigenvalue weighted by atomic mass is 16.5. The number of ketones is 1. The average Bonchev–Trinajstić information content (AvgIpc) is 2.28. The normalized spacial score (nSPS) is 10.4. The van der Waals surface area contributed by atoms with Crippen molar-refractivity contribution in [2.75, 3.05) is 20.2 Å². The van der Waals surface area contributed by atoms with Crippen molar-refractivity contribution in [1.82, 2.24) is 5.32 Å². The number of benzene rings is 1. The van der Waals surface area contributed by atoms with Gasteiger partial charge in [0.25, 0.3) is 0 Å². The molecule has 94 valence electrons. The molecular weight excluding hydrogens is 214 g/mol. The average molecular weight is 235 g/mol. The highest BCUT2D eigenvalue weighted by Gasteiger charge is 2.05. The number of Topliss-reactive ketones (excluding diaryl/α,β-unsaturated/α-hetero) is 1. The second-order valence-corrected chi connectivity index (χ2v) is 4.38. The number of ether oxygens (including phenoxy) is 1. The first-order valence-electron chi connectivity index (χ1n) is 5.89. The summed E-state index contributed by atoms with van der Waals surface area (Å²) in [6, 6.07) is 4.22. The standard InChI is InChI=1S/C14H21NO2/c1-10-7-13(5-6-15-9-12(3)16)14(17-4)8-11(10)2/h7-8,15H,5-6,9H2,1-4H3. The van der Waals surface area contributed by atoms with E-state index < -0.39 is 0 Å². The van der Waals surface area contributed by atoms with Gasteiger partial charge >= 0.3 is 0 Å². The summed E-state index contributed by atoms with van der Waals surface area (Å²) in [4.78, 5) is 10.8. The summed E-state index contributed by atoms with van der Waals surface area (Å²) in [6.07, 6.45) is 0.873. The first kappa shape index (κ1) is 13.7. The van der Waals surface area contributed by atoms with Gasteiger partial charge in [-0.1, -0.05) is 6.07 Å². The maximum atomic E-state index is 10.8. The van der Waals surface area contributed by atoms with Crippen molar-refractivity contribution in [2.45, 2.75) is 27.2 Å². The Morgan fingerprint density at radius 3 is 2.53 bits per heavy atom. The van der Waals surface area contributed by atoms with Crippen LogP contribution in [0.2, 0.25) is 0 Å². The molecule has 0 saturated heterocycles. The van der Waals surface area contributed by atoms with Crippen LogP contribution in [0.4, 0.5) is 0 Å². The zero-order valence-corrected chi connectivity index (χ0v) is 11.1. The van der Waals surface area contributed by atoms with E-state index in [-0.39, 0.29) is 5.78 Å². The van der Waals surface area contributed by atoms with Gasteiger partial charge in [-0.05, 0) is 56.5 Å². The number of rotatable bonds is 6. The quantitative estimate of drug-likeness (QED) is 0.767. The zero-order chi connectivity index (χ0) is 12.8. The van der Waals surface area contributed by atoms with Gasteiger partial charge in [-0.3, -0.25) is 4.79 Å². The molecule has 0 bridgehead atoms. The van der Waals surface area contributed by atoms with E-state index in [1.807, 2.05) is 0 Å². The fourth-order valence-electron chi connectivity index (χ4n) is 1.72. The maximum Gasteiger partial charge on any atom is 0.143 e. The summed E-state index contributed by atoms with van der Waals surface area (Å²) in [7, 11) is 1.69. The fourth-order valence-corrected chi connectivity index (χ4v) is 1.72. The van der Waals surface area contributed by atoms with Gasteiger partial charge < -0.3 is 10.1 Å². The minimum atomic E-state index is 0.164. The van der Waals surface area contributed by atoms with Crippen molar-refractivity contribution in [3.05, 3.63) is 28.8 Å². The number of carbonyl (C=O) groups is 1. The summed E-state index contributed by atoms with van der Waals surface area (Å²) in [5, 5.41) is 3.11. The minimum Gasteiger partial charge on any atom is -0.496 e. The molecule has 0 aromatic heterocycles. The van der Waals surface area contributed by atoms with Gasteiger partial charge in [0.05, 0.1) is 13.7 Å². The monoisotopic (exact) mass is 235 g/mol. The van der Waals surface area contributed by atoms with Crippen LogP contribution in [0.5, 0.6) is 5.75 Å². The lowest BCUT2D eigenvalue weighted by molar-refractivity contribution is -0.116. The first-order valence-corrected chi connectivity index (χ1v) is 5.89. The Hall–Kier alpha value is -1.35. The van der Waals surface area contributed by atoms with Crippen LogP contribution in [-0.2, 0) is 11.2 Å². The molecule has 1 rings (SSSR count). The molecule has 0 spiro atoms. The summed E-state index contributed by atoms with van der Waals surface area (Å²) >= 11 is 0. The smallest absolute Gasteiger partial charge is 0.143 e. The number of aryl methyl sites for hydroxylation is 2. The van der Waals surface area contributed by atoms with Crippen molar-refractivity contribution < 1.29 is 9.53 Å². The van der Waals surface area contributed by atoms with Crippen LogP contribution >= 0.6 is 0 Å². The van der Waals surface area contributed by atoms with Crippen LogP contribution < -0.4 is 10.1 Å². The van der Waals surface area contributed by atoms with Crippen molar-refractivity contribution >= 4 is 5.78 Å². The van der Waals surface area contributed by atoms with Crippen molar-refractivity contribution in [3.8, 4) is 5.75 Å². The number of nitrogens with one attached hydrogen (secondary N) is 1. The van der Waals surface area contributed by atoms with Crippen LogP contribution in [0.1, 0.15) is 23.6 Å². The predicted molar refractivity (Wildman–Crippen MR) is 69.7 cm³/mol. The summed E-state index contributed by atoms with van der Waals surface area (Å²) in [5.41, 5.74) is 3.70. The molecule has 0 heterocycles. The first-order chi connectivity index (χ1) is 8.04. The Labute approximate surface area is 103 Å². The van der Waals surface area contributed by atoms with Gasteiger partial charge in [0.2, 0.25) is 0 Å². The van der Waals surface area contributed by atoms with Gasteiger partial charge in [0.1, 0.15) is 11.5 Å². The molecule has 0 saturated carbocycles. The molecule has 0 radical (unpaired) electrons. The Morgan fingerprint density at radius 1 is 1.29 bits per heavy atom. The van der Waals surface area contributed by atoms with Crippen molar-refractivity contribution in [1.29, 1.82) is 0 Å². The Balaban J connectivity index is 2.63. The molecular formula is C14H21NO2. The molecule has 0 amide bonds. The predicted octanol–water partition coefficient (Wildman–Crippen LogP) is 2.03. The lowest BCUT2D eigenvalue weighted by atomic mass is 10.0. The third-order valence-corrected chi connectivity index (χ3v) is 2.84. The molecule has 0 aliphatic heterocycles. The molecule has 0 unspecified atom stereocenters. The number of hydrogen-bond acceptors (Lipinski definition) is 3. The summed E-state index contributed by atoms with van der Waals surface area (Å²) < 4.78 is 5.36. The van der Waals surface area contributed by atoms with Crippen LogP contribution in [0.15, 0.2) is 12.1 Å². The molecule has 1 aromatic carbocycles. The third kappa shape index (κ3) is 4.19. The Morgan fingerprint density at radius 2 is 1.94 bits per heavy atom. The number of methoxy groups -OCH3 is 1. The van der Waals surface area contributed by atoms with Gasteiger partial charge in [-0.2, -0.15) is 0 Å². The number of carbonyl (C=O) groups excluding carboxylic acids is 1. The third-order valence-electron chi connectivity index (χ3n) is 2.84. The Bertz CT molecular complexity index is 399. The van der Waals surface area contributed by atoms with E-state index in [0.717, 1.165) is 18.7 Å². The molecule has 0 fully saturated rings. The summed E-state index contributed by atoms with van der Waals surface area (Å²) in [5.74, 6) is 1.09. The van der Waals surface area contributed by atoms with Crippen molar-refractivity contribution in [3.63, 3.8) is 0 Å². The van der Waals surface area contributed by atoms with E-state index in [2.05, 4.69) is 31.3 Å². The lowest BCUT2D eigenvalue weighted by Gasteiger charge is -2.12.